The molecule has 6 heteroatoms. The van der Waals surface area contributed by atoms with Crippen molar-refractivity contribution >= 4 is 5.91 Å². The van der Waals surface area contributed by atoms with Crippen LogP contribution in [-0.4, -0.2) is 40.7 Å². The van der Waals surface area contributed by atoms with E-state index in [4.69, 9.17) is 9.15 Å². The molecule has 0 aliphatic carbocycles. The lowest BCUT2D eigenvalue weighted by Crippen LogP contribution is -2.39. The molecular weight excluding hydrogens is 342 g/mol. The van der Waals surface area contributed by atoms with Crippen molar-refractivity contribution in [3.63, 3.8) is 0 Å². The highest BCUT2D eigenvalue weighted by molar-refractivity contribution is 5.93. The Kier molecular flexibility index (Phi) is 5.34. The van der Waals surface area contributed by atoms with Crippen molar-refractivity contribution in [2.45, 2.75) is 19.4 Å². The van der Waals surface area contributed by atoms with Gasteiger partial charge < -0.3 is 14.1 Å². The minimum absolute atomic E-state index is 0.0345. The smallest absolute Gasteiger partial charge is 0.274 e. The fourth-order valence-electron chi connectivity index (χ4n) is 3.37. The molecule has 1 saturated heterocycles. The Morgan fingerprint density at radius 1 is 1.19 bits per heavy atom. The first-order valence-corrected chi connectivity index (χ1v) is 9.30. The highest BCUT2D eigenvalue weighted by atomic mass is 16.5. The molecule has 4 rings (SSSR count). The van der Waals surface area contributed by atoms with Gasteiger partial charge in [-0.2, -0.15) is 5.10 Å². The van der Waals surface area contributed by atoms with Crippen LogP contribution < -0.4 is 0 Å². The summed E-state index contributed by atoms with van der Waals surface area (Å²) in [6.07, 6.45) is 3.51. The van der Waals surface area contributed by atoms with Gasteiger partial charge in [-0.05, 0) is 36.5 Å². The maximum Gasteiger partial charge on any atom is 0.274 e. The normalized spacial score (nSPS) is 15.2. The predicted molar refractivity (Wildman–Crippen MR) is 101 cm³/mol. The minimum Gasteiger partial charge on any atom is -0.463 e. The molecule has 0 bridgehead atoms. The van der Waals surface area contributed by atoms with Crippen molar-refractivity contribution in [2.24, 2.45) is 5.92 Å². The van der Waals surface area contributed by atoms with E-state index in [0.29, 0.717) is 29.7 Å². The first kappa shape index (κ1) is 17.5. The number of hydrogen-bond donors (Lipinski definition) is 1. The molecule has 0 spiro atoms. The summed E-state index contributed by atoms with van der Waals surface area (Å²) in [6, 6.07) is 15.6. The molecule has 1 aliphatic heterocycles. The van der Waals surface area contributed by atoms with Crippen LogP contribution in [0.2, 0.25) is 0 Å². The predicted octanol–water partition coefficient (Wildman–Crippen LogP) is 3.74. The molecule has 0 atom stereocenters. The average Bonchev–Trinajstić information content (AvgIpc) is 3.41. The van der Waals surface area contributed by atoms with Gasteiger partial charge in [0.15, 0.2) is 11.5 Å². The second-order valence-electron chi connectivity index (χ2n) is 6.88. The molecule has 1 fully saturated rings. The summed E-state index contributed by atoms with van der Waals surface area (Å²) in [5.74, 6) is 1.14. The van der Waals surface area contributed by atoms with Gasteiger partial charge in [0.1, 0.15) is 5.69 Å². The zero-order valence-electron chi connectivity index (χ0n) is 15.1. The zero-order valence-corrected chi connectivity index (χ0v) is 15.1. The maximum absolute atomic E-state index is 12.7. The summed E-state index contributed by atoms with van der Waals surface area (Å²) in [7, 11) is 0. The van der Waals surface area contributed by atoms with Crippen LogP contribution in [0.5, 0.6) is 0 Å². The monoisotopic (exact) mass is 365 g/mol. The molecule has 1 amide bonds. The van der Waals surface area contributed by atoms with Crippen LogP contribution in [0.3, 0.4) is 0 Å². The van der Waals surface area contributed by atoms with Gasteiger partial charge in [0, 0.05) is 25.8 Å². The number of ether oxygens (including phenoxy) is 1. The summed E-state index contributed by atoms with van der Waals surface area (Å²) in [5, 5.41) is 7.02. The first-order chi connectivity index (χ1) is 13.3. The summed E-state index contributed by atoms with van der Waals surface area (Å²) >= 11 is 0. The van der Waals surface area contributed by atoms with Crippen molar-refractivity contribution in [2.75, 3.05) is 19.7 Å². The van der Waals surface area contributed by atoms with E-state index in [1.165, 1.54) is 5.56 Å². The van der Waals surface area contributed by atoms with Gasteiger partial charge in [-0.25, -0.2) is 0 Å². The number of nitrogens with one attached hydrogen (secondary N) is 1. The van der Waals surface area contributed by atoms with E-state index >= 15 is 0 Å². The third kappa shape index (κ3) is 4.28. The van der Waals surface area contributed by atoms with Crippen molar-refractivity contribution in [3.8, 4) is 11.5 Å². The molecule has 1 aliphatic rings. The Bertz CT molecular complexity index is 850. The van der Waals surface area contributed by atoms with E-state index in [0.717, 1.165) is 32.5 Å². The molecule has 0 unspecified atom stereocenters. The molecule has 3 heterocycles. The van der Waals surface area contributed by atoms with E-state index in [1.807, 2.05) is 35.2 Å². The number of aromatic amines is 1. The van der Waals surface area contributed by atoms with Crippen molar-refractivity contribution in [3.05, 3.63) is 66.1 Å². The SMILES string of the molecule is O=C(c1cc(-c2ccco2)[nH]n1)N1CCC(COCc2ccccc2)CC1. The zero-order chi connectivity index (χ0) is 18.5. The highest BCUT2D eigenvalue weighted by Gasteiger charge is 2.25. The second kappa shape index (κ2) is 8.22. The molecule has 27 heavy (non-hydrogen) atoms. The third-order valence-electron chi connectivity index (χ3n) is 4.95. The van der Waals surface area contributed by atoms with Gasteiger partial charge in [0.05, 0.1) is 12.9 Å². The fraction of sp³-hybridized carbons (Fsp3) is 0.333. The number of piperidine rings is 1. The van der Waals surface area contributed by atoms with Crippen LogP contribution in [-0.2, 0) is 11.3 Å². The van der Waals surface area contributed by atoms with Gasteiger partial charge in [-0.1, -0.05) is 30.3 Å². The van der Waals surface area contributed by atoms with E-state index in [9.17, 15) is 4.79 Å². The van der Waals surface area contributed by atoms with Gasteiger partial charge in [0.25, 0.3) is 5.91 Å². The summed E-state index contributed by atoms with van der Waals surface area (Å²) < 4.78 is 11.2. The Morgan fingerprint density at radius 2 is 2.00 bits per heavy atom. The molecule has 3 aromatic rings. The van der Waals surface area contributed by atoms with Crippen molar-refractivity contribution in [1.29, 1.82) is 0 Å². The molecule has 1 N–H and O–H groups in total. The largest absolute Gasteiger partial charge is 0.463 e. The molecule has 2 aromatic heterocycles. The maximum atomic E-state index is 12.7. The van der Waals surface area contributed by atoms with Crippen molar-refractivity contribution in [1.82, 2.24) is 15.1 Å². The molecule has 6 nitrogen and oxygen atoms in total. The highest BCUT2D eigenvalue weighted by Crippen LogP contribution is 2.22. The van der Waals surface area contributed by atoms with Crippen LogP contribution in [0.1, 0.15) is 28.9 Å². The Hall–Kier alpha value is -2.86. The summed E-state index contributed by atoms with van der Waals surface area (Å²) in [5.41, 5.74) is 2.34. The number of hydrogen-bond acceptors (Lipinski definition) is 4. The molecular formula is C21H23N3O3. The van der Waals surface area contributed by atoms with Crippen molar-refractivity contribution < 1.29 is 13.9 Å². The molecule has 0 radical (unpaired) electrons. The van der Waals surface area contributed by atoms with E-state index in [1.54, 1.807) is 12.3 Å². The first-order valence-electron chi connectivity index (χ1n) is 9.30. The van der Waals surface area contributed by atoms with E-state index in [2.05, 4.69) is 22.3 Å². The fourth-order valence-corrected chi connectivity index (χ4v) is 3.37. The van der Waals surface area contributed by atoms with Crippen LogP contribution in [0.15, 0.2) is 59.2 Å². The van der Waals surface area contributed by atoms with Gasteiger partial charge in [0.2, 0.25) is 0 Å². The lowest BCUT2D eigenvalue weighted by molar-refractivity contribution is 0.0475. The van der Waals surface area contributed by atoms with Gasteiger partial charge >= 0.3 is 0 Å². The molecule has 140 valence electrons. The molecule has 1 aromatic carbocycles. The topological polar surface area (TPSA) is 71.4 Å². The van der Waals surface area contributed by atoms with Crippen LogP contribution in [0.25, 0.3) is 11.5 Å². The van der Waals surface area contributed by atoms with Crippen LogP contribution in [0, 0.1) is 5.92 Å². The lowest BCUT2D eigenvalue weighted by atomic mass is 9.97. The number of furan rings is 1. The second-order valence-corrected chi connectivity index (χ2v) is 6.88. The number of nitrogens with zero attached hydrogens (tertiary/aromatic N) is 2. The van der Waals surface area contributed by atoms with Crippen LogP contribution >= 0.6 is 0 Å². The average molecular weight is 365 g/mol. The Morgan fingerprint density at radius 3 is 2.74 bits per heavy atom. The number of carbonyl (C=O) groups excluding carboxylic acids is 1. The van der Waals surface area contributed by atoms with Gasteiger partial charge in [-0.3, -0.25) is 9.89 Å². The van der Waals surface area contributed by atoms with Crippen LogP contribution in [0.4, 0.5) is 0 Å². The number of aromatic nitrogens is 2. The summed E-state index contributed by atoms with van der Waals surface area (Å²) in [6.45, 7) is 2.85. The third-order valence-corrected chi connectivity index (χ3v) is 4.95. The van der Waals surface area contributed by atoms with E-state index in [-0.39, 0.29) is 5.91 Å². The number of rotatable bonds is 6. The number of likely N-dealkylation sites (tertiary alicyclic amines) is 1. The number of benzene rings is 1. The Labute approximate surface area is 158 Å². The number of amides is 1. The van der Waals surface area contributed by atoms with Gasteiger partial charge in [-0.15, -0.1) is 0 Å². The quantitative estimate of drug-likeness (QED) is 0.722. The lowest BCUT2D eigenvalue weighted by Gasteiger charge is -2.31. The number of carbonyl (C=O) groups is 1. The molecule has 0 saturated carbocycles. The van der Waals surface area contributed by atoms with E-state index < -0.39 is 0 Å². The standard InChI is InChI=1S/C21H23N3O3/c25-21(19-13-18(22-23-19)20-7-4-12-27-20)24-10-8-17(9-11-24)15-26-14-16-5-2-1-3-6-16/h1-7,12-13,17H,8-11,14-15H2,(H,22,23). The Balaban J connectivity index is 1.24. The number of H-pyrrole nitrogens is 1. The minimum atomic E-state index is -0.0345. The summed E-state index contributed by atoms with van der Waals surface area (Å²) in [4.78, 5) is 14.5.